The van der Waals surface area contributed by atoms with Gasteiger partial charge >= 0.3 is 0 Å². The average molecular weight is 199 g/mol. The molecule has 0 bridgehead atoms. The van der Waals surface area contributed by atoms with Crippen molar-refractivity contribution in [2.75, 3.05) is 32.7 Å². The van der Waals surface area contributed by atoms with Crippen LogP contribution in [0.5, 0.6) is 0 Å². The van der Waals surface area contributed by atoms with E-state index in [9.17, 15) is 4.79 Å². The van der Waals surface area contributed by atoms with Gasteiger partial charge in [0.25, 0.3) is 0 Å². The van der Waals surface area contributed by atoms with Crippen molar-refractivity contribution in [2.45, 2.75) is 19.8 Å². The molecule has 1 aliphatic rings. The first kappa shape index (κ1) is 11.5. The third-order valence-corrected chi connectivity index (χ3v) is 2.72. The maximum atomic E-state index is 11.1. The maximum Gasteiger partial charge on any atom is 0.219 e. The molecule has 1 heterocycles. The fraction of sp³-hybridized carbons (Fsp3) is 0.900. The quantitative estimate of drug-likeness (QED) is 0.603. The second-order valence-electron chi connectivity index (χ2n) is 3.97. The van der Waals surface area contributed by atoms with Gasteiger partial charge in [-0.25, -0.2) is 0 Å². The van der Waals surface area contributed by atoms with Gasteiger partial charge in [-0.2, -0.15) is 0 Å². The number of amides is 1. The first-order valence-corrected chi connectivity index (χ1v) is 5.40. The van der Waals surface area contributed by atoms with Crippen LogP contribution >= 0.6 is 0 Å². The molecule has 1 unspecified atom stereocenters. The van der Waals surface area contributed by atoms with E-state index in [1.807, 2.05) is 4.90 Å². The minimum atomic E-state index is 0.203. The van der Waals surface area contributed by atoms with Crippen LogP contribution in [0.4, 0.5) is 0 Å². The molecular weight excluding hydrogens is 178 g/mol. The van der Waals surface area contributed by atoms with Crippen molar-refractivity contribution in [1.29, 1.82) is 0 Å². The maximum absolute atomic E-state index is 11.1. The normalized spacial score (nSPS) is 21.6. The highest BCUT2D eigenvalue weighted by Gasteiger charge is 2.23. The summed E-state index contributed by atoms with van der Waals surface area (Å²) in [6.45, 7) is 6.25. The lowest BCUT2D eigenvalue weighted by Gasteiger charge is -2.14. The Morgan fingerprint density at radius 2 is 2.43 bits per heavy atom. The highest BCUT2D eigenvalue weighted by Crippen LogP contribution is 2.14. The van der Waals surface area contributed by atoms with Crippen molar-refractivity contribution < 1.29 is 4.79 Å². The average Bonchev–Trinajstić information content (AvgIpc) is 2.61. The summed E-state index contributed by atoms with van der Waals surface area (Å²) in [5.41, 5.74) is 5.39. The Hall–Kier alpha value is -0.610. The molecule has 0 aromatic carbocycles. The second-order valence-corrected chi connectivity index (χ2v) is 3.97. The Labute approximate surface area is 85.8 Å². The fourth-order valence-electron chi connectivity index (χ4n) is 1.82. The van der Waals surface area contributed by atoms with E-state index in [1.54, 1.807) is 6.92 Å². The Kier molecular flexibility index (Phi) is 4.90. The number of carbonyl (C=O) groups excluding carboxylic acids is 1. The highest BCUT2D eigenvalue weighted by atomic mass is 16.2. The molecule has 3 N–H and O–H groups in total. The monoisotopic (exact) mass is 199 g/mol. The van der Waals surface area contributed by atoms with Crippen molar-refractivity contribution >= 4 is 5.91 Å². The summed E-state index contributed by atoms with van der Waals surface area (Å²) in [4.78, 5) is 13.0. The van der Waals surface area contributed by atoms with Crippen LogP contribution in [0.15, 0.2) is 0 Å². The van der Waals surface area contributed by atoms with Crippen molar-refractivity contribution in [3.05, 3.63) is 0 Å². The Balaban J connectivity index is 2.07. The van der Waals surface area contributed by atoms with Gasteiger partial charge in [0.2, 0.25) is 5.91 Å². The Morgan fingerprint density at radius 1 is 1.64 bits per heavy atom. The molecule has 0 spiro atoms. The molecule has 0 aromatic rings. The van der Waals surface area contributed by atoms with E-state index in [-0.39, 0.29) is 5.91 Å². The number of carbonyl (C=O) groups is 1. The molecule has 1 aliphatic heterocycles. The first-order valence-electron chi connectivity index (χ1n) is 5.40. The van der Waals surface area contributed by atoms with E-state index in [2.05, 4.69) is 5.32 Å². The molecule has 1 atom stereocenters. The second kappa shape index (κ2) is 5.98. The van der Waals surface area contributed by atoms with Crippen LogP contribution in [0.1, 0.15) is 19.8 Å². The number of hydrogen-bond acceptors (Lipinski definition) is 3. The molecule has 1 fully saturated rings. The van der Waals surface area contributed by atoms with Crippen LogP contribution in [0.2, 0.25) is 0 Å². The number of nitrogens with two attached hydrogens (primary N) is 1. The van der Waals surface area contributed by atoms with Crippen molar-refractivity contribution in [3.63, 3.8) is 0 Å². The SMILES string of the molecule is CC(=O)N1CCC(CNCCCN)C1. The lowest BCUT2D eigenvalue weighted by Crippen LogP contribution is -2.29. The van der Waals surface area contributed by atoms with Crippen LogP contribution in [-0.4, -0.2) is 43.5 Å². The lowest BCUT2D eigenvalue weighted by molar-refractivity contribution is -0.127. The third kappa shape index (κ3) is 3.64. The fourth-order valence-corrected chi connectivity index (χ4v) is 1.82. The van der Waals surface area contributed by atoms with Crippen LogP contribution in [0, 0.1) is 5.92 Å². The number of rotatable bonds is 5. The van der Waals surface area contributed by atoms with E-state index in [0.717, 1.165) is 45.6 Å². The van der Waals surface area contributed by atoms with Crippen LogP contribution in [0.25, 0.3) is 0 Å². The third-order valence-electron chi connectivity index (χ3n) is 2.72. The first-order chi connectivity index (χ1) is 6.74. The van der Waals surface area contributed by atoms with Gasteiger partial charge in [0.05, 0.1) is 0 Å². The minimum absolute atomic E-state index is 0.203. The zero-order chi connectivity index (χ0) is 10.4. The molecule has 14 heavy (non-hydrogen) atoms. The van der Waals surface area contributed by atoms with Crippen molar-refractivity contribution in [3.8, 4) is 0 Å². The zero-order valence-electron chi connectivity index (χ0n) is 8.96. The molecule has 1 saturated heterocycles. The highest BCUT2D eigenvalue weighted by molar-refractivity contribution is 5.73. The van der Waals surface area contributed by atoms with Gasteiger partial charge in [-0.3, -0.25) is 4.79 Å². The summed E-state index contributed by atoms with van der Waals surface area (Å²) in [5, 5.41) is 3.37. The number of hydrogen-bond donors (Lipinski definition) is 2. The summed E-state index contributed by atoms with van der Waals surface area (Å²) in [7, 11) is 0. The predicted octanol–water partition coefficient (Wildman–Crippen LogP) is -0.207. The zero-order valence-corrected chi connectivity index (χ0v) is 8.96. The van der Waals surface area contributed by atoms with Gasteiger partial charge in [-0.05, 0) is 38.4 Å². The standard InChI is InChI=1S/C10H21N3O/c1-9(14)13-6-3-10(8-13)7-12-5-2-4-11/h10,12H,2-8,11H2,1H3. The molecule has 0 radical (unpaired) electrons. The van der Waals surface area contributed by atoms with Crippen LogP contribution < -0.4 is 11.1 Å². The summed E-state index contributed by atoms with van der Waals surface area (Å²) < 4.78 is 0. The Morgan fingerprint density at radius 3 is 3.00 bits per heavy atom. The van der Waals surface area contributed by atoms with E-state index >= 15 is 0 Å². The smallest absolute Gasteiger partial charge is 0.219 e. The van der Waals surface area contributed by atoms with Gasteiger partial charge in [-0.15, -0.1) is 0 Å². The molecule has 0 saturated carbocycles. The van der Waals surface area contributed by atoms with Crippen molar-refractivity contribution in [2.24, 2.45) is 11.7 Å². The summed E-state index contributed by atoms with van der Waals surface area (Å²) in [6, 6.07) is 0. The predicted molar refractivity (Wildman–Crippen MR) is 56.9 cm³/mol. The molecule has 4 nitrogen and oxygen atoms in total. The van der Waals surface area contributed by atoms with E-state index in [0.29, 0.717) is 5.92 Å². The van der Waals surface area contributed by atoms with Gasteiger partial charge in [0.15, 0.2) is 0 Å². The van der Waals surface area contributed by atoms with E-state index in [4.69, 9.17) is 5.73 Å². The van der Waals surface area contributed by atoms with E-state index in [1.165, 1.54) is 0 Å². The molecule has 4 heteroatoms. The van der Waals surface area contributed by atoms with Gasteiger partial charge in [0.1, 0.15) is 0 Å². The molecule has 0 aromatic heterocycles. The number of nitrogens with one attached hydrogen (secondary N) is 1. The number of likely N-dealkylation sites (tertiary alicyclic amines) is 1. The minimum Gasteiger partial charge on any atom is -0.343 e. The largest absolute Gasteiger partial charge is 0.343 e. The molecule has 82 valence electrons. The molecule has 1 amide bonds. The van der Waals surface area contributed by atoms with Crippen LogP contribution in [-0.2, 0) is 4.79 Å². The summed E-state index contributed by atoms with van der Waals surface area (Å²) in [6.07, 6.45) is 2.17. The lowest BCUT2D eigenvalue weighted by atomic mass is 10.1. The molecule has 0 aliphatic carbocycles. The summed E-state index contributed by atoms with van der Waals surface area (Å²) >= 11 is 0. The van der Waals surface area contributed by atoms with Crippen molar-refractivity contribution in [1.82, 2.24) is 10.2 Å². The molecular formula is C10H21N3O. The topological polar surface area (TPSA) is 58.4 Å². The Bertz CT molecular complexity index is 184. The van der Waals surface area contributed by atoms with Gasteiger partial charge in [-0.1, -0.05) is 0 Å². The van der Waals surface area contributed by atoms with Crippen LogP contribution in [0.3, 0.4) is 0 Å². The number of nitrogens with zero attached hydrogens (tertiary/aromatic N) is 1. The van der Waals surface area contributed by atoms with Gasteiger partial charge in [0, 0.05) is 20.0 Å². The van der Waals surface area contributed by atoms with Gasteiger partial charge < -0.3 is 16.0 Å². The molecule has 1 rings (SSSR count). The van der Waals surface area contributed by atoms with E-state index < -0.39 is 0 Å². The summed E-state index contributed by atoms with van der Waals surface area (Å²) in [5.74, 6) is 0.839.